The van der Waals surface area contributed by atoms with Gasteiger partial charge in [-0.05, 0) is 83.3 Å². The van der Waals surface area contributed by atoms with Gasteiger partial charge in [0.05, 0.1) is 22.1 Å². The maximum atomic E-state index is 12.1. The van der Waals surface area contributed by atoms with E-state index in [2.05, 4.69) is 60.5 Å². The molecule has 16 nitrogen and oxygen atoms in total. The molecule has 0 radical (unpaired) electrons. The van der Waals surface area contributed by atoms with E-state index in [1.54, 1.807) is 67.3 Å². The van der Waals surface area contributed by atoms with Gasteiger partial charge in [0.1, 0.15) is 10.3 Å². The molecule has 59 heavy (non-hydrogen) atoms. The number of aromatic nitrogens is 6. The van der Waals surface area contributed by atoms with Gasteiger partial charge in [0.25, 0.3) is 23.6 Å². The lowest BCUT2D eigenvalue weighted by atomic mass is 10.0. The van der Waals surface area contributed by atoms with Crippen LogP contribution in [0.2, 0.25) is 10.3 Å². The van der Waals surface area contributed by atoms with Crippen molar-refractivity contribution in [3.05, 3.63) is 104 Å². The number of hydrogen-bond donors (Lipinski definition) is 4. The first kappa shape index (κ1) is 42.5. The number of likely N-dealkylation sites (N-methyl/N-ethyl adjacent to an activating group) is 2. The van der Waals surface area contributed by atoms with Crippen LogP contribution < -0.4 is 11.5 Å². The van der Waals surface area contributed by atoms with Crippen molar-refractivity contribution in [2.75, 3.05) is 27.2 Å². The third-order valence-electron chi connectivity index (χ3n) is 9.28. The number of terminal acetylenes is 1. The molecule has 2 aliphatic rings. The van der Waals surface area contributed by atoms with E-state index in [-0.39, 0.29) is 28.9 Å². The number of halogens is 3. The summed E-state index contributed by atoms with van der Waals surface area (Å²) in [6, 6.07) is 21.1. The lowest BCUT2D eigenvalue weighted by Crippen LogP contribution is -2.37. The summed E-state index contributed by atoms with van der Waals surface area (Å²) in [5, 5.41) is 29.9. The minimum absolute atomic E-state index is 0.0783. The first-order valence-electron chi connectivity index (χ1n) is 17.5. The number of rotatable bonds is 4. The Balaban J connectivity index is 0.000000168. The van der Waals surface area contributed by atoms with Gasteiger partial charge in [-0.3, -0.25) is 19.2 Å². The van der Waals surface area contributed by atoms with E-state index < -0.39 is 28.9 Å². The minimum atomic E-state index is -1.68. The van der Waals surface area contributed by atoms with Crippen LogP contribution in [0.15, 0.2) is 72.8 Å². The second-order valence-corrected chi connectivity index (χ2v) is 15.4. The molecule has 2 aliphatic heterocycles. The molecule has 4 aromatic heterocycles. The molecule has 6 heterocycles. The highest BCUT2D eigenvalue weighted by Gasteiger charge is 2.43. The van der Waals surface area contributed by atoms with Gasteiger partial charge in [0.15, 0.2) is 22.7 Å². The maximum Gasteiger partial charge on any atom is 0.269 e. The highest BCUT2D eigenvalue weighted by Crippen LogP contribution is 2.26. The van der Waals surface area contributed by atoms with Crippen LogP contribution in [0, 0.1) is 27.8 Å². The van der Waals surface area contributed by atoms with Gasteiger partial charge < -0.3 is 31.5 Å². The number of nitrogens with two attached hydrogens (primary N) is 2. The predicted octanol–water partition coefficient (Wildman–Crippen LogP) is 3.11. The summed E-state index contributed by atoms with van der Waals surface area (Å²) in [7, 11) is 3.25. The van der Waals surface area contributed by atoms with Crippen LogP contribution in [-0.4, -0.2) is 112 Å². The molecule has 2 saturated heterocycles. The van der Waals surface area contributed by atoms with Crippen molar-refractivity contribution in [3.63, 3.8) is 0 Å². The molecule has 2 aromatic carbocycles. The topological polar surface area (TPSA) is 229 Å². The van der Waals surface area contributed by atoms with Gasteiger partial charge in [-0.15, -0.1) is 6.42 Å². The highest BCUT2D eigenvalue weighted by molar-refractivity contribution is 14.1. The van der Waals surface area contributed by atoms with E-state index in [1.807, 2.05) is 24.3 Å². The number of carbonyl (C=O) groups excluding carboxylic acids is 4. The summed E-state index contributed by atoms with van der Waals surface area (Å²) < 4.78 is 4.07. The van der Waals surface area contributed by atoms with Crippen molar-refractivity contribution in [2.45, 2.75) is 24.0 Å². The molecule has 0 spiro atoms. The van der Waals surface area contributed by atoms with Gasteiger partial charge >= 0.3 is 0 Å². The van der Waals surface area contributed by atoms with Crippen molar-refractivity contribution in [1.82, 2.24) is 39.3 Å². The van der Waals surface area contributed by atoms with Gasteiger partial charge in [0, 0.05) is 49.2 Å². The zero-order valence-electron chi connectivity index (χ0n) is 31.2. The van der Waals surface area contributed by atoms with E-state index in [9.17, 15) is 29.4 Å². The Morgan fingerprint density at radius 1 is 0.763 bits per heavy atom. The van der Waals surface area contributed by atoms with Crippen LogP contribution >= 0.6 is 45.8 Å². The maximum absolute atomic E-state index is 12.1. The molecule has 6 aromatic rings. The van der Waals surface area contributed by atoms with E-state index in [4.69, 9.17) is 41.1 Å². The van der Waals surface area contributed by atoms with Gasteiger partial charge in [-0.1, -0.05) is 53.1 Å². The minimum Gasteiger partial charge on any atom is -0.369 e. The highest BCUT2D eigenvalue weighted by atomic mass is 127. The first-order chi connectivity index (χ1) is 27.9. The van der Waals surface area contributed by atoms with Crippen molar-refractivity contribution in [2.24, 2.45) is 11.5 Å². The van der Waals surface area contributed by atoms with Crippen LogP contribution in [0.4, 0.5) is 0 Å². The number of likely N-dealkylation sites (tertiary alicyclic amines) is 2. The Morgan fingerprint density at radius 3 is 1.66 bits per heavy atom. The van der Waals surface area contributed by atoms with E-state index in [0.717, 1.165) is 9.26 Å². The molecule has 0 bridgehead atoms. The van der Waals surface area contributed by atoms with E-state index >= 15 is 0 Å². The summed E-state index contributed by atoms with van der Waals surface area (Å²) in [6.45, 7) is 0.991. The fraction of sp³-hybridized carbons (Fsp3) is 0.200. The SMILES string of the molecule is C#C[C@]1(O)CCN(C)C1=O.CN1CC[C@@](O)(C#Cc2cccc(-n3nc(C(N)=O)c4ccc(Cl)nc43)c2)C1=O.NC(=O)c1nn(-c2cccc(I)c2)c2nc(Cl)ccc12. The molecule has 6 N–H and O–H groups in total. The number of hydrogen-bond acceptors (Lipinski definition) is 10. The fourth-order valence-corrected chi connectivity index (χ4v) is 6.94. The molecule has 19 heteroatoms. The molecule has 0 aliphatic carbocycles. The number of nitrogens with zero attached hydrogens (tertiary/aromatic N) is 8. The van der Waals surface area contributed by atoms with E-state index in [1.165, 1.54) is 14.5 Å². The fourth-order valence-electron chi connectivity index (χ4n) is 6.13. The molecule has 4 amide bonds. The van der Waals surface area contributed by atoms with Crippen molar-refractivity contribution in [1.29, 1.82) is 0 Å². The number of pyridine rings is 2. The average Bonchev–Trinajstić information content (AvgIpc) is 3.93. The summed E-state index contributed by atoms with van der Waals surface area (Å²) in [5.74, 6) is 5.56. The van der Waals surface area contributed by atoms with Crippen molar-refractivity contribution in [3.8, 4) is 35.6 Å². The molecule has 8 rings (SSSR count). The lowest BCUT2D eigenvalue weighted by molar-refractivity contribution is -0.138. The predicted molar refractivity (Wildman–Crippen MR) is 228 cm³/mol. The largest absolute Gasteiger partial charge is 0.369 e. The number of fused-ring (bicyclic) bond motifs is 2. The Bertz CT molecular complexity index is 2790. The first-order valence-corrected chi connectivity index (χ1v) is 19.3. The lowest BCUT2D eigenvalue weighted by Gasteiger charge is -2.13. The summed E-state index contributed by atoms with van der Waals surface area (Å²) in [5.41, 5.74) is 10.7. The zero-order chi connectivity index (χ0) is 42.8. The van der Waals surface area contributed by atoms with Gasteiger partial charge in [-0.25, -0.2) is 19.3 Å². The van der Waals surface area contributed by atoms with Crippen LogP contribution in [0.5, 0.6) is 0 Å². The van der Waals surface area contributed by atoms with Crippen molar-refractivity contribution < 1.29 is 29.4 Å². The van der Waals surface area contributed by atoms with E-state index in [0.29, 0.717) is 58.0 Å². The normalized spacial score (nSPS) is 18.4. The standard InChI is InChI=1S/C20H16ClN5O3.C13H8ClIN4O.C7H9NO2/c1-25-10-9-20(29,19(25)28)8-7-12-3-2-4-13(11-12)26-18-14(5-6-15(21)23-18)16(24-26)17(22)27;14-10-5-4-9-11(12(16)20)18-19(13(9)17-10)8-3-1-2-7(15)6-8;1-3-7(10)4-5-8(2)6(7)9/h2-6,11,29H,9-10H2,1H3,(H2,22,27);1-6H,(H2,16,20);1,10H,4-5H2,2H3/t20-;;7-/m0.0/s1. The average molecular weight is 948 g/mol. The third-order valence-corrected chi connectivity index (χ3v) is 10.4. The number of aliphatic hydroxyl groups is 2. The van der Waals surface area contributed by atoms with Crippen LogP contribution in [0.3, 0.4) is 0 Å². The second-order valence-electron chi connectivity index (χ2n) is 13.4. The number of primary amides is 2. The van der Waals surface area contributed by atoms with Gasteiger partial charge in [0.2, 0.25) is 11.2 Å². The molecule has 300 valence electrons. The van der Waals surface area contributed by atoms with Crippen LogP contribution in [-0.2, 0) is 9.59 Å². The van der Waals surface area contributed by atoms with Crippen LogP contribution in [0.1, 0.15) is 39.4 Å². The zero-order valence-corrected chi connectivity index (χ0v) is 34.9. The smallest absolute Gasteiger partial charge is 0.269 e. The Morgan fingerprint density at radius 2 is 1.24 bits per heavy atom. The molecular formula is C40H33Cl2IN10O6. The number of amides is 4. The second kappa shape index (κ2) is 17.0. The molecule has 2 fully saturated rings. The Kier molecular flexibility index (Phi) is 12.3. The quantitative estimate of drug-likeness (QED) is 0.115. The third kappa shape index (κ3) is 8.85. The molecule has 2 atom stereocenters. The summed E-state index contributed by atoms with van der Waals surface area (Å²) >= 11 is 14.1. The number of benzene rings is 2. The Hall–Kier alpha value is -6.09. The Labute approximate surface area is 360 Å². The number of carbonyl (C=O) groups is 4. The van der Waals surface area contributed by atoms with Gasteiger partial charge in [-0.2, -0.15) is 10.2 Å². The molecule has 0 saturated carbocycles. The van der Waals surface area contributed by atoms with Crippen molar-refractivity contribution >= 4 is 91.5 Å². The molecule has 0 unspecified atom stereocenters. The molecular weight excluding hydrogens is 914 g/mol. The van der Waals surface area contributed by atoms with Crippen LogP contribution in [0.25, 0.3) is 33.4 Å². The summed E-state index contributed by atoms with van der Waals surface area (Å²) in [4.78, 5) is 57.7. The summed E-state index contributed by atoms with van der Waals surface area (Å²) in [6.07, 6.45) is 5.57. The monoisotopic (exact) mass is 946 g/mol.